The van der Waals surface area contributed by atoms with Gasteiger partial charge in [0.25, 0.3) is 0 Å². The second-order valence-corrected chi connectivity index (χ2v) is 6.70. The number of hydrogen-bond acceptors (Lipinski definition) is 2. The molecule has 128 valence electrons. The predicted octanol–water partition coefficient (Wildman–Crippen LogP) is 4.39. The van der Waals surface area contributed by atoms with Gasteiger partial charge in [0.05, 0.1) is 6.07 Å². The van der Waals surface area contributed by atoms with Gasteiger partial charge in [-0.1, -0.05) is 38.1 Å². The van der Waals surface area contributed by atoms with E-state index in [1.807, 2.05) is 12.1 Å². The highest BCUT2D eigenvalue weighted by Gasteiger charge is 2.48. The average molecular weight is 336 g/mol. The first-order valence-electron chi connectivity index (χ1n) is 8.58. The van der Waals surface area contributed by atoms with Crippen LogP contribution in [0.2, 0.25) is 0 Å². The first kappa shape index (κ1) is 17.2. The van der Waals surface area contributed by atoms with E-state index in [1.165, 1.54) is 12.1 Å². The van der Waals surface area contributed by atoms with E-state index in [0.29, 0.717) is 11.5 Å². The van der Waals surface area contributed by atoms with Crippen LogP contribution < -0.4 is 5.73 Å². The third-order valence-electron chi connectivity index (χ3n) is 5.44. The zero-order valence-corrected chi connectivity index (χ0v) is 14.5. The zero-order valence-electron chi connectivity index (χ0n) is 14.5. The lowest BCUT2D eigenvalue weighted by atomic mass is 9.73. The van der Waals surface area contributed by atoms with Crippen molar-refractivity contribution in [2.45, 2.75) is 44.4 Å². The van der Waals surface area contributed by atoms with Gasteiger partial charge in [0.2, 0.25) is 5.91 Å². The summed E-state index contributed by atoms with van der Waals surface area (Å²) in [6, 6.07) is 12.5. The Balaban J connectivity index is 2.40. The highest BCUT2D eigenvalue weighted by Crippen LogP contribution is 2.53. The van der Waals surface area contributed by atoms with Gasteiger partial charge in [0.1, 0.15) is 11.2 Å². The van der Waals surface area contributed by atoms with Gasteiger partial charge in [-0.3, -0.25) is 4.79 Å². The SMILES string of the molecule is CCC(C)c1cccc2c1-c1ccc(F)cc1C2(CCC#N)C(N)=O. The zero-order chi connectivity index (χ0) is 18.2. The number of benzene rings is 2. The molecule has 0 spiro atoms. The predicted molar refractivity (Wildman–Crippen MR) is 95.4 cm³/mol. The number of halogens is 1. The summed E-state index contributed by atoms with van der Waals surface area (Å²) in [5.74, 6) is -0.638. The van der Waals surface area contributed by atoms with E-state index >= 15 is 0 Å². The molecule has 0 saturated carbocycles. The minimum atomic E-state index is -1.15. The molecule has 3 nitrogen and oxygen atoms in total. The summed E-state index contributed by atoms with van der Waals surface area (Å²) < 4.78 is 14.0. The van der Waals surface area contributed by atoms with Crippen LogP contribution in [0, 0.1) is 17.1 Å². The van der Waals surface area contributed by atoms with E-state index in [2.05, 4.69) is 26.0 Å². The van der Waals surface area contributed by atoms with Gasteiger partial charge in [0.15, 0.2) is 0 Å². The number of carbonyl (C=O) groups excluding carboxylic acids is 1. The molecule has 2 unspecified atom stereocenters. The molecule has 0 aromatic heterocycles. The molecular formula is C21H21FN2O. The summed E-state index contributed by atoms with van der Waals surface area (Å²) in [5.41, 5.74) is 9.04. The summed E-state index contributed by atoms with van der Waals surface area (Å²) in [5, 5.41) is 9.08. The van der Waals surface area contributed by atoms with Crippen molar-refractivity contribution in [3.8, 4) is 17.2 Å². The third-order valence-corrected chi connectivity index (χ3v) is 5.44. The lowest BCUT2D eigenvalue weighted by molar-refractivity contribution is -0.122. The fraction of sp³-hybridized carbons (Fsp3) is 0.333. The molecule has 1 amide bonds. The molecule has 2 N–H and O–H groups in total. The molecule has 0 aliphatic heterocycles. The maximum Gasteiger partial charge on any atom is 0.232 e. The standard InChI is InChI=1S/C21H21FN2O/c1-3-13(2)15-6-4-7-17-19(15)16-9-8-14(22)12-18(16)21(17,20(24)25)10-5-11-23/h4,6-9,12-13H,3,5,10H2,1-2H3,(H2,24,25). The van der Waals surface area contributed by atoms with Crippen molar-refractivity contribution < 1.29 is 9.18 Å². The third kappa shape index (κ3) is 2.42. The van der Waals surface area contributed by atoms with Crippen molar-refractivity contribution >= 4 is 5.91 Å². The Kier molecular flexibility index (Phi) is 4.34. The van der Waals surface area contributed by atoms with Crippen LogP contribution in [0.15, 0.2) is 36.4 Å². The van der Waals surface area contributed by atoms with Gasteiger partial charge in [-0.2, -0.15) is 5.26 Å². The second-order valence-electron chi connectivity index (χ2n) is 6.70. The molecule has 1 aliphatic rings. The number of nitrogens with zero attached hydrogens (tertiary/aromatic N) is 1. The van der Waals surface area contributed by atoms with Crippen molar-refractivity contribution in [3.05, 3.63) is 58.9 Å². The van der Waals surface area contributed by atoms with Gasteiger partial charge in [-0.05, 0) is 58.7 Å². The Morgan fingerprint density at radius 3 is 2.72 bits per heavy atom. The number of fused-ring (bicyclic) bond motifs is 3. The van der Waals surface area contributed by atoms with Crippen LogP contribution in [0.5, 0.6) is 0 Å². The smallest absolute Gasteiger partial charge is 0.232 e. The molecule has 0 radical (unpaired) electrons. The number of nitrogens with two attached hydrogens (primary N) is 1. The lowest BCUT2D eigenvalue weighted by Gasteiger charge is -2.28. The van der Waals surface area contributed by atoms with E-state index < -0.39 is 17.1 Å². The van der Waals surface area contributed by atoms with E-state index in [0.717, 1.165) is 28.7 Å². The van der Waals surface area contributed by atoms with Crippen LogP contribution >= 0.6 is 0 Å². The topological polar surface area (TPSA) is 66.9 Å². The summed E-state index contributed by atoms with van der Waals surface area (Å²) in [6.07, 6.45) is 1.38. The molecule has 2 aromatic carbocycles. The summed E-state index contributed by atoms with van der Waals surface area (Å²) >= 11 is 0. The van der Waals surface area contributed by atoms with Crippen LogP contribution in [0.3, 0.4) is 0 Å². The quantitative estimate of drug-likeness (QED) is 0.879. The van der Waals surface area contributed by atoms with Crippen LogP contribution in [0.25, 0.3) is 11.1 Å². The molecule has 1 aliphatic carbocycles. The number of primary amides is 1. The van der Waals surface area contributed by atoms with Crippen LogP contribution in [-0.2, 0) is 10.2 Å². The highest BCUT2D eigenvalue weighted by atomic mass is 19.1. The van der Waals surface area contributed by atoms with E-state index in [4.69, 9.17) is 11.0 Å². The first-order valence-corrected chi connectivity index (χ1v) is 8.58. The van der Waals surface area contributed by atoms with Gasteiger partial charge < -0.3 is 5.73 Å². The fourth-order valence-electron chi connectivity index (χ4n) is 3.99. The van der Waals surface area contributed by atoms with Crippen LogP contribution in [0.4, 0.5) is 4.39 Å². The number of amides is 1. The Morgan fingerprint density at radius 1 is 1.32 bits per heavy atom. The number of hydrogen-bond donors (Lipinski definition) is 1. The van der Waals surface area contributed by atoms with Crippen molar-refractivity contribution in [3.63, 3.8) is 0 Å². The molecule has 2 atom stereocenters. The summed E-state index contributed by atoms with van der Waals surface area (Å²) in [6.45, 7) is 4.25. The Morgan fingerprint density at radius 2 is 2.08 bits per heavy atom. The molecule has 0 fully saturated rings. The van der Waals surface area contributed by atoms with Gasteiger partial charge in [-0.25, -0.2) is 4.39 Å². The van der Waals surface area contributed by atoms with Crippen molar-refractivity contribution in [1.29, 1.82) is 5.26 Å². The Labute approximate surface area is 147 Å². The van der Waals surface area contributed by atoms with Gasteiger partial charge in [-0.15, -0.1) is 0 Å². The number of carbonyl (C=O) groups is 1. The minimum absolute atomic E-state index is 0.173. The Hall–Kier alpha value is -2.67. The van der Waals surface area contributed by atoms with Crippen molar-refractivity contribution in [2.24, 2.45) is 5.73 Å². The Bertz CT molecular complexity index is 884. The fourth-order valence-corrected chi connectivity index (χ4v) is 3.99. The maximum absolute atomic E-state index is 14.0. The number of rotatable bonds is 5. The lowest BCUT2D eigenvalue weighted by Crippen LogP contribution is -2.40. The molecule has 0 bridgehead atoms. The maximum atomic E-state index is 14.0. The van der Waals surface area contributed by atoms with Crippen molar-refractivity contribution in [2.75, 3.05) is 0 Å². The summed E-state index contributed by atoms with van der Waals surface area (Å²) in [4.78, 5) is 12.6. The van der Waals surface area contributed by atoms with E-state index in [1.54, 1.807) is 6.07 Å². The van der Waals surface area contributed by atoms with E-state index in [9.17, 15) is 9.18 Å². The number of nitriles is 1. The first-order chi connectivity index (χ1) is 12.0. The molecule has 25 heavy (non-hydrogen) atoms. The normalized spacial score (nSPS) is 19.0. The molecular weight excluding hydrogens is 315 g/mol. The largest absolute Gasteiger partial charge is 0.369 e. The summed E-state index contributed by atoms with van der Waals surface area (Å²) in [7, 11) is 0. The second kappa shape index (κ2) is 6.33. The monoisotopic (exact) mass is 336 g/mol. The van der Waals surface area contributed by atoms with E-state index in [-0.39, 0.29) is 12.8 Å². The minimum Gasteiger partial charge on any atom is -0.369 e. The molecule has 2 aromatic rings. The van der Waals surface area contributed by atoms with Crippen LogP contribution in [-0.4, -0.2) is 5.91 Å². The average Bonchev–Trinajstić information content (AvgIpc) is 2.89. The molecule has 0 heterocycles. The van der Waals surface area contributed by atoms with Gasteiger partial charge >= 0.3 is 0 Å². The van der Waals surface area contributed by atoms with Crippen LogP contribution in [0.1, 0.15) is 55.7 Å². The molecule has 0 saturated heterocycles. The van der Waals surface area contributed by atoms with Crippen molar-refractivity contribution in [1.82, 2.24) is 0 Å². The molecule has 4 heteroatoms. The van der Waals surface area contributed by atoms with Gasteiger partial charge in [0, 0.05) is 6.42 Å². The molecule has 3 rings (SSSR count). The highest BCUT2D eigenvalue weighted by molar-refractivity contribution is 6.00.